The summed E-state index contributed by atoms with van der Waals surface area (Å²) in [5.41, 5.74) is 2.37. The van der Waals surface area contributed by atoms with Crippen molar-refractivity contribution in [3.8, 4) is 0 Å². The molecule has 1 aliphatic heterocycles. The first-order valence-electron chi connectivity index (χ1n) is 9.48. The van der Waals surface area contributed by atoms with E-state index in [9.17, 15) is 9.59 Å². The van der Waals surface area contributed by atoms with Crippen LogP contribution in [-0.2, 0) is 11.8 Å². The number of rotatable bonds is 3. The van der Waals surface area contributed by atoms with Gasteiger partial charge in [-0.25, -0.2) is 0 Å². The Hall–Kier alpha value is -3.22. The number of piperidine rings is 1. The van der Waals surface area contributed by atoms with Crippen molar-refractivity contribution in [2.75, 3.05) is 23.3 Å². The molecule has 3 aromatic rings. The number of aromatic nitrogens is 3. The van der Waals surface area contributed by atoms with Crippen molar-refractivity contribution >= 4 is 28.3 Å². The van der Waals surface area contributed by atoms with Crippen LogP contribution in [0.3, 0.4) is 0 Å². The minimum absolute atomic E-state index is 0.0241. The maximum atomic E-state index is 12.8. The van der Waals surface area contributed by atoms with Crippen molar-refractivity contribution in [3.63, 3.8) is 0 Å². The van der Waals surface area contributed by atoms with Gasteiger partial charge < -0.3 is 14.8 Å². The van der Waals surface area contributed by atoms with Gasteiger partial charge in [-0.2, -0.15) is 5.10 Å². The summed E-state index contributed by atoms with van der Waals surface area (Å²) in [6.07, 6.45) is 1.54. The third-order valence-corrected chi connectivity index (χ3v) is 5.40. The molecule has 0 aliphatic carbocycles. The van der Waals surface area contributed by atoms with Crippen LogP contribution in [0.2, 0.25) is 0 Å². The summed E-state index contributed by atoms with van der Waals surface area (Å²) in [6.45, 7) is 3.47. The fourth-order valence-corrected chi connectivity index (χ4v) is 3.68. The Labute approximate surface area is 163 Å². The van der Waals surface area contributed by atoms with Crippen LogP contribution in [-0.4, -0.2) is 33.8 Å². The number of nitrogens with zero attached hydrogens (tertiary/aromatic N) is 4. The van der Waals surface area contributed by atoms with Crippen LogP contribution in [0, 0.1) is 12.8 Å². The molecule has 1 saturated heterocycles. The highest BCUT2D eigenvalue weighted by molar-refractivity contribution is 6.01. The van der Waals surface area contributed by atoms with Crippen LogP contribution in [0.4, 0.5) is 11.5 Å². The van der Waals surface area contributed by atoms with E-state index in [1.165, 1.54) is 6.07 Å². The first-order valence-corrected chi connectivity index (χ1v) is 9.48. The smallest absolute Gasteiger partial charge is 0.250 e. The highest BCUT2D eigenvalue weighted by Crippen LogP contribution is 2.26. The Morgan fingerprint density at radius 2 is 1.86 bits per heavy atom. The highest BCUT2D eigenvalue weighted by atomic mass is 16.2. The fourth-order valence-electron chi connectivity index (χ4n) is 3.68. The number of aryl methyl sites for hydroxylation is 2. The van der Waals surface area contributed by atoms with Crippen molar-refractivity contribution in [2.45, 2.75) is 19.8 Å². The van der Waals surface area contributed by atoms with Gasteiger partial charge in [-0.1, -0.05) is 6.07 Å². The Balaban J connectivity index is 1.45. The molecule has 2 aromatic heterocycles. The normalized spacial score (nSPS) is 15.0. The summed E-state index contributed by atoms with van der Waals surface area (Å²) in [7, 11) is 1.74. The zero-order chi connectivity index (χ0) is 19.7. The summed E-state index contributed by atoms with van der Waals surface area (Å²) in [5, 5.41) is 12.3. The predicted octanol–water partition coefficient (Wildman–Crippen LogP) is 2.49. The van der Waals surface area contributed by atoms with Gasteiger partial charge in [0.15, 0.2) is 5.82 Å². The van der Waals surface area contributed by atoms with Crippen molar-refractivity contribution in [1.29, 1.82) is 0 Å². The molecule has 3 heterocycles. The Bertz CT molecular complexity index is 1070. The molecule has 0 bridgehead atoms. The van der Waals surface area contributed by atoms with E-state index in [1.54, 1.807) is 17.7 Å². The number of carbonyl (C=O) groups is 1. The minimum atomic E-state index is -0.0671. The van der Waals surface area contributed by atoms with Gasteiger partial charge in [0.25, 0.3) is 5.56 Å². The van der Waals surface area contributed by atoms with E-state index in [0.29, 0.717) is 0 Å². The molecule has 7 nitrogen and oxygen atoms in total. The lowest BCUT2D eigenvalue weighted by Gasteiger charge is -2.31. The van der Waals surface area contributed by atoms with Crippen molar-refractivity contribution in [1.82, 2.24) is 14.8 Å². The van der Waals surface area contributed by atoms with E-state index < -0.39 is 0 Å². The third kappa shape index (κ3) is 3.47. The number of pyridine rings is 1. The second-order valence-electron chi connectivity index (χ2n) is 7.25. The zero-order valence-electron chi connectivity index (χ0n) is 16.1. The summed E-state index contributed by atoms with van der Waals surface area (Å²) in [5.74, 6) is 0.841. The van der Waals surface area contributed by atoms with E-state index in [4.69, 9.17) is 0 Å². The van der Waals surface area contributed by atoms with Gasteiger partial charge in [-0.3, -0.25) is 9.59 Å². The molecule has 144 valence electrons. The summed E-state index contributed by atoms with van der Waals surface area (Å²) >= 11 is 0. The molecule has 0 spiro atoms. The Morgan fingerprint density at radius 1 is 1.07 bits per heavy atom. The van der Waals surface area contributed by atoms with Crippen LogP contribution in [0.15, 0.2) is 47.3 Å². The number of carbonyl (C=O) groups excluding carboxylic acids is 1. The Morgan fingerprint density at radius 3 is 2.57 bits per heavy atom. The number of fused-ring (bicyclic) bond motifs is 1. The molecular formula is C21H23N5O2. The van der Waals surface area contributed by atoms with E-state index in [-0.39, 0.29) is 17.4 Å². The van der Waals surface area contributed by atoms with Crippen LogP contribution in [0.1, 0.15) is 18.5 Å². The van der Waals surface area contributed by atoms with E-state index in [2.05, 4.69) is 20.4 Å². The van der Waals surface area contributed by atoms with E-state index in [0.717, 1.165) is 54.0 Å². The predicted molar refractivity (Wildman–Crippen MR) is 110 cm³/mol. The topological polar surface area (TPSA) is 80.1 Å². The second-order valence-corrected chi connectivity index (χ2v) is 7.25. The van der Waals surface area contributed by atoms with Crippen LogP contribution < -0.4 is 15.8 Å². The minimum Gasteiger partial charge on any atom is -0.355 e. The number of amides is 1. The lowest BCUT2D eigenvalue weighted by atomic mass is 9.95. The van der Waals surface area contributed by atoms with Gasteiger partial charge >= 0.3 is 0 Å². The van der Waals surface area contributed by atoms with Gasteiger partial charge in [-0.15, -0.1) is 5.10 Å². The number of nitrogens with one attached hydrogen (secondary N) is 1. The molecule has 1 aliphatic rings. The molecule has 0 saturated carbocycles. The van der Waals surface area contributed by atoms with Gasteiger partial charge in [0, 0.05) is 37.5 Å². The number of benzene rings is 1. The first kappa shape index (κ1) is 18.2. The number of hydrogen-bond donors (Lipinski definition) is 1. The molecular weight excluding hydrogens is 354 g/mol. The lowest BCUT2D eigenvalue weighted by molar-refractivity contribution is -0.120. The average molecular weight is 377 g/mol. The van der Waals surface area contributed by atoms with Gasteiger partial charge in [0.05, 0.1) is 16.9 Å². The molecule has 1 amide bonds. The third-order valence-electron chi connectivity index (χ3n) is 5.40. The number of hydrogen-bond acceptors (Lipinski definition) is 5. The molecule has 1 fully saturated rings. The largest absolute Gasteiger partial charge is 0.355 e. The van der Waals surface area contributed by atoms with Gasteiger partial charge in [0.2, 0.25) is 5.91 Å². The fraction of sp³-hybridized carbons (Fsp3) is 0.333. The SMILES string of the molecule is Cc1ccc(N2CCC(C(=O)Nc3cccc4c3ccc(=O)n4C)CC2)nn1. The van der Waals surface area contributed by atoms with Gasteiger partial charge in [-0.05, 0) is 50.1 Å². The molecule has 0 atom stereocenters. The molecule has 1 aromatic carbocycles. The maximum absolute atomic E-state index is 12.8. The maximum Gasteiger partial charge on any atom is 0.250 e. The molecule has 0 radical (unpaired) electrons. The van der Waals surface area contributed by atoms with Crippen molar-refractivity contribution in [3.05, 3.63) is 58.5 Å². The van der Waals surface area contributed by atoms with Crippen LogP contribution in [0.5, 0.6) is 0 Å². The van der Waals surface area contributed by atoms with E-state index >= 15 is 0 Å². The molecule has 7 heteroatoms. The zero-order valence-corrected chi connectivity index (χ0v) is 16.1. The van der Waals surface area contributed by atoms with Crippen LogP contribution >= 0.6 is 0 Å². The molecule has 28 heavy (non-hydrogen) atoms. The average Bonchev–Trinajstić information content (AvgIpc) is 2.72. The van der Waals surface area contributed by atoms with Crippen molar-refractivity contribution in [2.24, 2.45) is 13.0 Å². The molecule has 4 rings (SSSR count). The highest BCUT2D eigenvalue weighted by Gasteiger charge is 2.26. The monoisotopic (exact) mass is 377 g/mol. The first-order chi connectivity index (χ1) is 13.5. The second kappa shape index (κ2) is 7.42. The number of anilines is 2. The summed E-state index contributed by atoms with van der Waals surface area (Å²) in [6, 6.07) is 12.8. The van der Waals surface area contributed by atoms with Crippen molar-refractivity contribution < 1.29 is 4.79 Å². The summed E-state index contributed by atoms with van der Waals surface area (Å²) < 4.78 is 1.59. The molecule has 0 unspecified atom stereocenters. The standard InChI is InChI=1S/C21H23N5O2/c1-14-6-8-19(24-23-14)26-12-10-15(11-13-26)21(28)22-17-4-3-5-18-16(17)7-9-20(27)25(18)2/h3-9,15H,10-13H2,1-2H3,(H,22,28). The molecule has 1 N–H and O–H groups in total. The van der Waals surface area contributed by atoms with E-state index in [1.807, 2.05) is 37.3 Å². The van der Waals surface area contributed by atoms with Crippen LogP contribution in [0.25, 0.3) is 10.9 Å². The lowest BCUT2D eigenvalue weighted by Crippen LogP contribution is -2.38. The van der Waals surface area contributed by atoms with Gasteiger partial charge in [0.1, 0.15) is 0 Å². The summed E-state index contributed by atoms with van der Waals surface area (Å²) in [4.78, 5) is 26.8. The Kier molecular flexibility index (Phi) is 4.81. The quantitative estimate of drug-likeness (QED) is 0.759.